The van der Waals surface area contributed by atoms with Gasteiger partial charge in [0.05, 0.1) is 0 Å². The standard InChI is InChI=1S/C64H45N/c1-64(55-18-3-2-4-19-55)61-23-10-9-21-60(61)63-59(22-12-24-62(63)64)54-17-11-20-58(43-54)65(57-39-35-49(36-40-57)53-32-30-45-14-6-8-16-51(45)42-53)56-37-33-47(34-38-56)46-25-27-48(28-26-46)52-31-29-44-13-5-7-15-50(44)41-52/h2-43H,1H3. The molecule has 0 N–H and O–H groups in total. The molecule has 1 heteroatoms. The molecule has 306 valence electrons. The van der Waals surface area contributed by atoms with Gasteiger partial charge in [-0.05, 0) is 149 Å². The van der Waals surface area contributed by atoms with E-state index in [9.17, 15) is 0 Å². The molecule has 12 rings (SSSR count). The molecule has 11 aromatic carbocycles. The van der Waals surface area contributed by atoms with Crippen molar-refractivity contribution in [3.8, 4) is 55.6 Å². The molecule has 0 aliphatic heterocycles. The lowest BCUT2D eigenvalue weighted by molar-refractivity contribution is 0.714. The van der Waals surface area contributed by atoms with Gasteiger partial charge in [-0.25, -0.2) is 0 Å². The van der Waals surface area contributed by atoms with Crippen LogP contribution < -0.4 is 4.90 Å². The molecule has 0 aromatic heterocycles. The van der Waals surface area contributed by atoms with Crippen LogP contribution in [0.3, 0.4) is 0 Å². The SMILES string of the molecule is CC1(c2ccccc2)c2ccccc2-c2c(-c3cccc(N(c4ccc(-c5ccc(-c6ccc7ccccc7c6)cc5)cc4)c4ccc(-c5ccc6ccccc6c5)cc4)c3)cccc21. The summed E-state index contributed by atoms with van der Waals surface area (Å²) >= 11 is 0. The van der Waals surface area contributed by atoms with Crippen LogP contribution in [0.25, 0.3) is 77.2 Å². The van der Waals surface area contributed by atoms with Crippen molar-refractivity contribution >= 4 is 38.6 Å². The minimum absolute atomic E-state index is 0.266. The van der Waals surface area contributed by atoms with Crippen LogP contribution in [0, 0.1) is 0 Å². The number of hydrogen-bond acceptors (Lipinski definition) is 1. The number of benzene rings is 11. The van der Waals surface area contributed by atoms with E-state index in [1.54, 1.807) is 0 Å². The Morgan fingerprint density at radius 3 is 1.32 bits per heavy atom. The van der Waals surface area contributed by atoms with Gasteiger partial charge in [0.1, 0.15) is 0 Å². The van der Waals surface area contributed by atoms with Crippen molar-refractivity contribution in [3.63, 3.8) is 0 Å². The highest BCUT2D eigenvalue weighted by atomic mass is 15.1. The fraction of sp³-hybridized carbons (Fsp3) is 0.0312. The Morgan fingerprint density at radius 1 is 0.277 bits per heavy atom. The molecular weight excluding hydrogens is 783 g/mol. The maximum Gasteiger partial charge on any atom is 0.0467 e. The largest absolute Gasteiger partial charge is 0.310 e. The summed E-state index contributed by atoms with van der Waals surface area (Å²) in [7, 11) is 0. The van der Waals surface area contributed by atoms with Crippen LogP contribution in [0.4, 0.5) is 17.1 Å². The maximum atomic E-state index is 2.39. The Hall–Kier alpha value is -8.26. The van der Waals surface area contributed by atoms with Crippen molar-refractivity contribution in [2.75, 3.05) is 4.90 Å². The molecule has 11 aromatic rings. The van der Waals surface area contributed by atoms with Gasteiger partial charge in [0.15, 0.2) is 0 Å². The third kappa shape index (κ3) is 6.72. The molecule has 65 heavy (non-hydrogen) atoms. The summed E-state index contributed by atoms with van der Waals surface area (Å²) < 4.78 is 0. The van der Waals surface area contributed by atoms with Gasteiger partial charge in [-0.3, -0.25) is 0 Å². The Labute approximate surface area is 381 Å². The fourth-order valence-corrected chi connectivity index (χ4v) is 10.3. The summed E-state index contributed by atoms with van der Waals surface area (Å²) in [5, 5.41) is 5.01. The van der Waals surface area contributed by atoms with Gasteiger partial charge in [-0.15, -0.1) is 0 Å². The zero-order valence-corrected chi connectivity index (χ0v) is 36.2. The van der Waals surface area contributed by atoms with E-state index in [2.05, 4.69) is 267 Å². The highest BCUT2D eigenvalue weighted by Gasteiger charge is 2.41. The van der Waals surface area contributed by atoms with Gasteiger partial charge in [0.25, 0.3) is 0 Å². The van der Waals surface area contributed by atoms with Crippen molar-refractivity contribution in [2.45, 2.75) is 12.3 Å². The molecule has 0 amide bonds. The second-order valence-corrected chi connectivity index (χ2v) is 17.4. The smallest absolute Gasteiger partial charge is 0.0467 e. The van der Waals surface area contributed by atoms with Crippen LogP contribution in [0.1, 0.15) is 23.6 Å². The lowest BCUT2D eigenvalue weighted by Gasteiger charge is -2.28. The van der Waals surface area contributed by atoms with Crippen molar-refractivity contribution < 1.29 is 0 Å². The first kappa shape index (κ1) is 38.4. The zero-order valence-electron chi connectivity index (χ0n) is 36.2. The summed E-state index contributed by atoms with van der Waals surface area (Å²) in [6.45, 7) is 2.39. The highest BCUT2D eigenvalue weighted by Crippen LogP contribution is 2.55. The van der Waals surface area contributed by atoms with Crippen LogP contribution in [0.2, 0.25) is 0 Å². The van der Waals surface area contributed by atoms with Gasteiger partial charge >= 0.3 is 0 Å². The molecule has 0 heterocycles. The molecule has 1 aliphatic carbocycles. The van der Waals surface area contributed by atoms with Gasteiger partial charge < -0.3 is 4.90 Å². The van der Waals surface area contributed by atoms with Crippen LogP contribution in [0.5, 0.6) is 0 Å². The van der Waals surface area contributed by atoms with E-state index in [-0.39, 0.29) is 5.41 Å². The lowest BCUT2D eigenvalue weighted by atomic mass is 9.74. The summed E-state index contributed by atoms with van der Waals surface area (Å²) in [6.07, 6.45) is 0. The van der Waals surface area contributed by atoms with Gasteiger partial charge in [0.2, 0.25) is 0 Å². The van der Waals surface area contributed by atoms with E-state index in [4.69, 9.17) is 0 Å². The highest BCUT2D eigenvalue weighted by molar-refractivity contribution is 5.95. The Kier molecular flexibility index (Phi) is 9.35. The van der Waals surface area contributed by atoms with E-state index in [0.717, 1.165) is 17.1 Å². The predicted octanol–water partition coefficient (Wildman–Crippen LogP) is 17.5. The Bertz CT molecular complexity index is 3530. The minimum Gasteiger partial charge on any atom is -0.310 e. The third-order valence-electron chi connectivity index (χ3n) is 13.7. The number of rotatable bonds is 8. The minimum atomic E-state index is -0.266. The van der Waals surface area contributed by atoms with Gasteiger partial charge in [-0.1, -0.05) is 206 Å². The molecule has 0 fully saturated rings. The van der Waals surface area contributed by atoms with E-state index >= 15 is 0 Å². The molecule has 1 aliphatic rings. The van der Waals surface area contributed by atoms with Gasteiger partial charge in [-0.2, -0.15) is 0 Å². The van der Waals surface area contributed by atoms with Crippen molar-refractivity contribution in [2.24, 2.45) is 0 Å². The molecular formula is C64H45N. The quantitative estimate of drug-likeness (QED) is 0.147. The molecule has 0 saturated carbocycles. The molecule has 0 saturated heterocycles. The first-order chi connectivity index (χ1) is 32.1. The van der Waals surface area contributed by atoms with E-state index < -0.39 is 0 Å². The average Bonchev–Trinajstić information content (AvgIpc) is 3.65. The summed E-state index contributed by atoms with van der Waals surface area (Å²) in [6, 6.07) is 93.5. The molecule has 1 nitrogen and oxygen atoms in total. The van der Waals surface area contributed by atoms with E-state index in [1.165, 1.54) is 93.9 Å². The maximum absolute atomic E-state index is 2.39. The molecule has 0 radical (unpaired) electrons. The molecule has 0 spiro atoms. The summed E-state index contributed by atoms with van der Waals surface area (Å²) in [4.78, 5) is 2.39. The van der Waals surface area contributed by atoms with Crippen molar-refractivity contribution in [1.29, 1.82) is 0 Å². The second kappa shape index (κ2) is 15.8. The van der Waals surface area contributed by atoms with Crippen molar-refractivity contribution in [1.82, 2.24) is 0 Å². The number of hydrogen-bond donors (Lipinski definition) is 0. The summed E-state index contributed by atoms with van der Waals surface area (Å²) in [5.41, 5.74) is 19.3. The lowest BCUT2D eigenvalue weighted by Crippen LogP contribution is -2.22. The topological polar surface area (TPSA) is 3.24 Å². The monoisotopic (exact) mass is 827 g/mol. The molecule has 1 atom stereocenters. The first-order valence-corrected chi connectivity index (χ1v) is 22.6. The van der Waals surface area contributed by atoms with Gasteiger partial charge in [0, 0.05) is 22.5 Å². The molecule has 1 unspecified atom stereocenters. The number of fused-ring (bicyclic) bond motifs is 5. The molecule has 0 bridgehead atoms. The van der Waals surface area contributed by atoms with Crippen LogP contribution in [-0.4, -0.2) is 0 Å². The Morgan fingerprint density at radius 2 is 0.723 bits per heavy atom. The number of nitrogens with zero attached hydrogens (tertiary/aromatic N) is 1. The fourth-order valence-electron chi connectivity index (χ4n) is 10.3. The van der Waals surface area contributed by atoms with E-state index in [0.29, 0.717) is 0 Å². The zero-order chi connectivity index (χ0) is 43.3. The second-order valence-electron chi connectivity index (χ2n) is 17.4. The van der Waals surface area contributed by atoms with Crippen LogP contribution >= 0.6 is 0 Å². The Balaban J connectivity index is 0.935. The summed E-state index contributed by atoms with van der Waals surface area (Å²) in [5.74, 6) is 0. The number of anilines is 3. The van der Waals surface area contributed by atoms with E-state index in [1.807, 2.05) is 0 Å². The van der Waals surface area contributed by atoms with Crippen LogP contribution in [0.15, 0.2) is 255 Å². The third-order valence-corrected chi connectivity index (χ3v) is 13.7. The normalized spacial score (nSPS) is 14.0. The average molecular weight is 828 g/mol. The van der Waals surface area contributed by atoms with Crippen molar-refractivity contribution in [3.05, 3.63) is 271 Å². The predicted molar refractivity (Wildman–Crippen MR) is 275 cm³/mol. The van der Waals surface area contributed by atoms with Crippen LogP contribution in [-0.2, 0) is 5.41 Å². The first-order valence-electron chi connectivity index (χ1n) is 22.6.